The Kier molecular flexibility index (Phi) is 4.06. The average molecular weight is 319 g/mol. The molecule has 2 aromatic rings. The van der Waals surface area contributed by atoms with Gasteiger partial charge in [0.25, 0.3) is 10.0 Å². The van der Waals surface area contributed by atoms with E-state index >= 15 is 0 Å². The lowest BCUT2D eigenvalue weighted by atomic mass is 10.1. The molecule has 3 rings (SSSR count). The molecule has 5 heteroatoms. The minimum absolute atomic E-state index is 0.0810. The molecule has 0 amide bonds. The van der Waals surface area contributed by atoms with Crippen molar-refractivity contribution >= 4 is 22.0 Å². The first-order valence-electron chi connectivity index (χ1n) is 6.88. The highest BCUT2D eigenvalue weighted by Gasteiger charge is 2.37. The SMILES string of the molecule is Cc1ccc(S(=O)(=O)N2SCCC2c2ccccc2)cc1. The van der Waals surface area contributed by atoms with Gasteiger partial charge in [0.2, 0.25) is 0 Å². The van der Waals surface area contributed by atoms with Crippen molar-refractivity contribution in [1.82, 2.24) is 3.71 Å². The summed E-state index contributed by atoms with van der Waals surface area (Å²) < 4.78 is 27.2. The molecule has 3 nitrogen and oxygen atoms in total. The third kappa shape index (κ3) is 2.86. The lowest BCUT2D eigenvalue weighted by Gasteiger charge is -2.23. The Balaban J connectivity index is 1.96. The fourth-order valence-electron chi connectivity index (χ4n) is 2.46. The maximum Gasteiger partial charge on any atom is 0.252 e. The van der Waals surface area contributed by atoms with E-state index in [9.17, 15) is 8.42 Å². The molecule has 21 heavy (non-hydrogen) atoms. The minimum Gasteiger partial charge on any atom is -0.206 e. The molecule has 1 heterocycles. The molecule has 0 aliphatic carbocycles. The Morgan fingerprint density at radius 1 is 1.05 bits per heavy atom. The van der Waals surface area contributed by atoms with Gasteiger partial charge in [0.15, 0.2) is 0 Å². The summed E-state index contributed by atoms with van der Waals surface area (Å²) in [7, 11) is -3.46. The highest BCUT2D eigenvalue weighted by Crippen LogP contribution is 2.42. The second-order valence-electron chi connectivity index (χ2n) is 5.12. The predicted octanol–water partition coefficient (Wildman–Crippen LogP) is 3.78. The van der Waals surface area contributed by atoms with Gasteiger partial charge in [-0.1, -0.05) is 60.0 Å². The van der Waals surface area contributed by atoms with E-state index in [0.29, 0.717) is 4.90 Å². The van der Waals surface area contributed by atoms with Gasteiger partial charge in [-0.25, -0.2) is 8.42 Å². The van der Waals surface area contributed by atoms with Gasteiger partial charge in [-0.15, -0.1) is 3.71 Å². The van der Waals surface area contributed by atoms with Gasteiger partial charge in [-0.2, -0.15) is 0 Å². The van der Waals surface area contributed by atoms with Gasteiger partial charge in [-0.3, -0.25) is 0 Å². The zero-order valence-corrected chi connectivity index (χ0v) is 13.4. The first kappa shape index (κ1) is 14.6. The molecule has 1 fully saturated rings. The summed E-state index contributed by atoms with van der Waals surface area (Å²) in [4.78, 5) is 0.364. The first-order valence-corrected chi connectivity index (χ1v) is 9.26. The first-order chi connectivity index (χ1) is 10.1. The number of aryl methyl sites for hydroxylation is 1. The molecule has 0 N–H and O–H groups in total. The molecule has 1 unspecified atom stereocenters. The van der Waals surface area contributed by atoms with Crippen LogP contribution in [0.1, 0.15) is 23.6 Å². The molecule has 0 radical (unpaired) electrons. The second-order valence-corrected chi connectivity index (χ2v) is 8.23. The van der Waals surface area contributed by atoms with Crippen molar-refractivity contribution in [2.24, 2.45) is 0 Å². The fourth-order valence-corrected chi connectivity index (χ4v) is 5.67. The van der Waals surface area contributed by atoms with Gasteiger partial charge in [0, 0.05) is 5.75 Å². The van der Waals surface area contributed by atoms with Crippen molar-refractivity contribution in [3.8, 4) is 0 Å². The molecular formula is C16H17NO2S2. The Morgan fingerprint density at radius 2 is 1.71 bits per heavy atom. The van der Waals surface area contributed by atoms with Crippen LogP contribution in [0.15, 0.2) is 59.5 Å². The summed E-state index contributed by atoms with van der Waals surface area (Å²) >= 11 is 1.40. The van der Waals surface area contributed by atoms with Crippen LogP contribution in [0.2, 0.25) is 0 Å². The number of sulfonamides is 1. The van der Waals surface area contributed by atoms with Crippen LogP contribution in [-0.2, 0) is 10.0 Å². The van der Waals surface area contributed by atoms with Gasteiger partial charge in [0.05, 0.1) is 10.9 Å². The Hall–Kier alpha value is -1.30. The number of hydrogen-bond acceptors (Lipinski definition) is 3. The summed E-state index contributed by atoms with van der Waals surface area (Å²) in [5.74, 6) is 0.824. The second kappa shape index (κ2) is 5.83. The molecule has 2 aromatic carbocycles. The maximum atomic E-state index is 12.8. The third-order valence-corrected chi connectivity index (χ3v) is 7.03. The zero-order chi connectivity index (χ0) is 14.9. The predicted molar refractivity (Wildman–Crippen MR) is 86.5 cm³/mol. The van der Waals surface area contributed by atoms with E-state index in [-0.39, 0.29) is 6.04 Å². The molecule has 0 aromatic heterocycles. The van der Waals surface area contributed by atoms with E-state index in [1.54, 1.807) is 15.8 Å². The van der Waals surface area contributed by atoms with Gasteiger partial charge >= 0.3 is 0 Å². The number of nitrogens with zero attached hydrogens (tertiary/aromatic N) is 1. The van der Waals surface area contributed by atoms with Crippen molar-refractivity contribution < 1.29 is 8.42 Å². The van der Waals surface area contributed by atoms with Gasteiger partial charge < -0.3 is 0 Å². The highest BCUT2D eigenvalue weighted by molar-refractivity contribution is 8.08. The van der Waals surface area contributed by atoms with Crippen LogP contribution >= 0.6 is 11.9 Å². The van der Waals surface area contributed by atoms with Crippen LogP contribution in [0, 0.1) is 6.92 Å². The summed E-state index contributed by atoms with van der Waals surface area (Å²) in [6.45, 7) is 1.95. The molecule has 1 aliphatic heterocycles. The molecule has 1 aliphatic rings. The lowest BCUT2D eigenvalue weighted by Crippen LogP contribution is -2.25. The monoisotopic (exact) mass is 319 g/mol. The van der Waals surface area contributed by atoms with Crippen molar-refractivity contribution in [1.29, 1.82) is 0 Å². The molecule has 110 valence electrons. The standard InChI is InChI=1S/C16H17NO2S2/c1-13-7-9-15(10-8-13)21(18,19)17-16(11-12-20-17)14-5-3-2-4-6-14/h2-10,16H,11-12H2,1H3. The Labute approximate surface area is 130 Å². The van der Waals surface area contributed by atoms with Crippen LogP contribution in [-0.4, -0.2) is 17.9 Å². The molecule has 0 bridgehead atoms. The average Bonchev–Trinajstić information content (AvgIpc) is 2.99. The fraction of sp³-hybridized carbons (Fsp3) is 0.250. The molecular weight excluding hydrogens is 302 g/mol. The Morgan fingerprint density at radius 3 is 2.38 bits per heavy atom. The number of rotatable bonds is 3. The van der Waals surface area contributed by atoms with E-state index < -0.39 is 10.0 Å². The van der Waals surface area contributed by atoms with Crippen LogP contribution in [0.4, 0.5) is 0 Å². The quantitative estimate of drug-likeness (QED) is 0.808. The minimum atomic E-state index is -3.46. The number of hydrogen-bond donors (Lipinski definition) is 0. The summed E-state index contributed by atoms with van der Waals surface area (Å²) in [5, 5.41) is 0. The summed E-state index contributed by atoms with van der Waals surface area (Å²) in [6, 6.07) is 16.8. The Bertz CT molecular complexity index is 712. The lowest BCUT2D eigenvalue weighted by molar-refractivity contribution is 0.482. The smallest absolute Gasteiger partial charge is 0.206 e. The third-order valence-electron chi connectivity index (χ3n) is 3.60. The van der Waals surface area contributed by atoms with Crippen molar-refractivity contribution in [3.05, 3.63) is 65.7 Å². The largest absolute Gasteiger partial charge is 0.252 e. The summed E-state index contributed by atoms with van der Waals surface area (Å²) in [6.07, 6.45) is 0.847. The molecule has 0 saturated carbocycles. The summed E-state index contributed by atoms with van der Waals surface area (Å²) in [5.41, 5.74) is 2.11. The van der Waals surface area contributed by atoms with Crippen LogP contribution in [0.25, 0.3) is 0 Å². The van der Waals surface area contributed by atoms with Gasteiger partial charge in [-0.05, 0) is 31.0 Å². The van der Waals surface area contributed by atoms with E-state index in [1.807, 2.05) is 49.4 Å². The van der Waals surface area contributed by atoms with E-state index in [0.717, 1.165) is 23.3 Å². The zero-order valence-electron chi connectivity index (χ0n) is 11.8. The van der Waals surface area contributed by atoms with E-state index in [1.165, 1.54) is 11.9 Å². The van der Waals surface area contributed by atoms with Crippen LogP contribution in [0.5, 0.6) is 0 Å². The number of benzene rings is 2. The normalized spacial score (nSPS) is 19.8. The maximum absolute atomic E-state index is 12.8. The topological polar surface area (TPSA) is 37.4 Å². The van der Waals surface area contributed by atoms with Crippen molar-refractivity contribution in [2.45, 2.75) is 24.3 Å². The molecule has 1 atom stereocenters. The highest BCUT2D eigenvalue weighted by atomic mass is 32.3. The van der Waals surface area contributed by atoms with Crippen LogP contribution in [0.3, 0.4) is 0 Å². The molecule has 0 spiro atoms. The molecule has 1 saturated heterocycles. The van der Waals surface area contributed by atoms with Crippen LogP contribution < -0.4 is 0 Å². The van der Waals surface area contributed by atoms with Crippen molar-refractivity contribution in [2.75, 3.05) is 5.75 Å². The van der Waals surface area contributed by atoms with E-state index in [4.69, 9.17) is 0 Å². The van der Waals surface area contributed by atoms with Gasteiger partial charge in [0.1, 0.15) is 0 Å². The van der Waals surface area contributed by atoms with Crippen molar-refractivity contribution in [3.63, 3.8) is 0 Å². The van der Waals surface area contributed by atoms with E-state index in [2.05, 4.69) is 0 Å².